The van der Waals surface area contributed by atoms with Gasteiger partial charge in [0.2, 0.25) is 0 Å². The first kappa shape index (κ1) is 20.6. The summed E-state index contributed by atoms with van der Waals surface area (Å²) in [5.41, 5.74) is 1.13. The van der Waals surface area contributed by atoms with Gasteiger partial charge in [-0.25, -0.2) is 0 Å². The Kier molecular flexibility index (Phi) is 5.93. The van der Waals surface area contributed by atoms with Crippen LogP contribution in [0.5, 0.6) is 0 Å². The Hall–Kier alpha value is -2.15. The van der Waals surface area contributed by atoms with Crippen molar-refractivity contribution in [3.05, 3.63) is 31.9 Å². The zero-order chi connectivity index (χ0) is 20.6. The first-order chi connectivity index (χ1) is 13.3. The van der Waals surface area contributed by atoms with Crippen molar-refractivity contribution in [1.82, 2.24) is 14.4 Å². The van der Waals surface area contributed by atoms with Crippen molar-refractivity contribution in [2.45, 2.75) is 13.8 Å². The van der Waals surface area contributed by atoms with Crippen LogP contribution in [0.2, 0.25) is 0 Å². The molecule has 7 nitrogen and oxygen atoms in total. The molecule has 3 rings (SSSR count). The quantitative estimate of drug-likeness (QED) is 0.546. The molecule has 0 aromatic carbocycles. The van der Waals surface area contributed by atoms with Gasteiger partial charge in [0.1, 0.15) is 21.8 Å². The first-order valence-corrected chi connectivity index (χ1v) is 10.3. The number of hydrogen-bond donors (Lipinski definition) is 0. The minimum absolute atomic E-state index is 0.108. The number of hydrogen-bond acceptors (Lipinski definition) is 7. The number of carbonyl (C=O) groups is 1. The van der Waals surface area contributed by atoms with E-state index in [4.69, 9.17) is 12.2 Å². The second-order valence-electron chi connectivity index (χ2n) is 6.88. The lowest BCUT2D eigenvalue weighted by molar-refractivity contribution is -0.121. The van der Waals surface area contributed by atoms with Crippen molar-refractivity contribution in [3.8, 4) is 6.07 Å². The number of carbonyl (C=O) groups excluding carboxylic acids is 1. The van der Waals surface area contributed by atoms with Gasteiger partial charge < -0.3 is 9.80 Å². The molecule has 0 aliphatic carbocycles. The summed E-state index contributed by atoms with van der Waals surface area (Å²) in [5, 5.41) is 9.51. The summed E-state index contributed by atoms with van der Waals surface area (Å²) < 4.78 is 2.03. The van der Waals surface area contributed by atoms with Gasteiger partial charge in [0.25, 0.3) is 11.5 Å². The molecule has 2 aliphatic rings. The summed E-state index contributed by atoms with van der Waals surface area (Å²) in [7, 11) is 3.34. The highest BCUT2D eigenvalue weighted by molar-refractivity contribution is 8.26. The number of thioether (sulfide) groups is 1. The molecule has 0 unspecified atom stereocenters. The number of aromatic nitrogens is 1. The van der Waals surface area contributed by atoms with Crippen LogP contribution in [-0.2, 0) is 11.8 Å². The highest BCUT2D eigenvalue weighted by Gasteiger charge is 2.31. The van der Waals surface area contributed by atoms with Crippen LogP contribution < -0.4 is 10.5 Å². The van der Waals surface area contributed by atoms with E-state index in [1.165, 1.54) is 21.2 Å². The van der Waals surface area contributed by atoms with Crippen LogP contribution in [0.1, 0.15) is 23.6 Å². The number of nitrogens with zero attached hydrogens (tertiary/aromatic N) is 5. The molecule has 9 heteroatoms. The molecule has 1 amide bonds. The Morgan fingerprint density at radius 3 is 2.36 bits per heavy atom. The van der Waals surface area contributed by atoms with Crippen molar-refractivity contribution in [2.75, 3.05) is 44.7 Å². The molecule has 3 heterocycles. The minimum Gasteiger partial charge on any atom is -0.355 e. The fraction of sp³-hybridized carbons (Fsp3) is 0.474. The highest BCUT2D eigenvalue weighted by Crippen LogP contribution is 2.35. The van der Waals surface area contributed by atoms with E-state index in [1.807, 2.05) is 6.07 Å². The fourth-order valence-corrected chi connectivity index (χ4v) is 4.71. The van der Waals surface area contributed by atoms with Crippen molar-refractivity contribution >= 4 is 46.1 Å². The summed E-state index contributed by atoms with van der Waals surface area (Å²) in [5.74, 6) is 0.585. The van der Waals surface area contributed by atoms with Gasteiger partial charge in [-0.15, -0.1) is 0 Å². The van der Waals surface area contributed by atoms with Gasteiger partial charge in [-0.3, -0.25) is 19.1 Å². The van der Waals surface area contributed by atoms with Crippen LogP contribution in [0.15, 0.2) is 9.70 Å². The topological polar surface area (TPSA) is 72.6 Å². The second-order valence-corrected chi connectivity index (χ2v) is 8.55. The zero-order valence-electron chi connectivity index (χ0n) is 16.5. The summed E-state index contributed by atoms with van der Waals surface area (Å²) in [6.45, 7) is 8.26. The van der Waals surface area contributed by atoms with E-state index in [9.17, 15) is 14.9 Å². The Morgan fingerprint density at radius 2 is 1.86 bits per heavy atom. The van der Waals surface area contributed by atoms with E-state index in [1.54, 1.807) is 27.1 Å². The molecule has 1 aromatic rings. The second kappa shape index (κ2) is 8.07. The average Bonchev–Trinajstić information content (AvgIpc) is 2.93. The summed E-state index contributed by atoms with van der Waals surface area (Å²) in [6.07, 6.45) is 1.78. The molecule has 0 N–H and O–H groups in total. The number of thiocarbonyl (C=S) groups is 1. The van der Waals surface area contributed by atoms with E-state index in [0.29, 0.717) is 14.8 Å². The highest BCUT2D eigenvalue weighted by atomic mass is 32.2. The Labute approximate surface area is 174 Å². The van der Waals surface area contributed by atoms with Gasteiger partial charge in [-0.1, -0.05) is 30.9 Å². The molecule has 0 spiro atoms. The third kappa shape index (κ3) is 3.48. The van der Waals surface area contributed by atoms with Crippen LogP contribution in [0, 0.1) is 18.3 Å². The maximum absolute atomic E-state index is 12.7. The fourth-order valence-electron chi connectivity index (χ4n) is 3.55. The van der Waals surface area contributed by atoms with E-state index in [2.05, 4.69) is 16.7 Å². The van der Waals surface area contributed by atoms with Crippen LogP contribution >= 0.6 is 24.0 Å². The van der Waals surface area contributed by atoms with E-state index < -0.39 is 0 Å². The predicted molar refractivity (Wildman–Crippen MR) is 116 cm³/mol. The SMILES string of the molecule is CCN1CCN(c2c(C=C3SC(=S)N(C)C3=O)c(C)c(C#N)c(=O)n2C)CC1. The zero-order valence-corrected chi connectivity index (χ0v) is 18.1. The molecular formula is C19H23N5O2S2. The monoisotopic (exact) mass is 417 g/mol. The predicted octanol–water partition coefficient (Wildman–Crippen LogP) is 1.54. The van der Waals surface area contributed by atoms with Gasteiger partial charge >= 0.3 is 0 Å². The summed E-state index contributed by atoms with van der Waals surface area (Å²) in [4.78, 5) is 31.7. The van der Waals surface area contributed by atoms with E-state index in [0.717, 1.165) is 44.1 Å². The number of likely N-dealkylation sites (N-methyl/N-ethyl adjacent to an activating group) is 2. The minimum atomic E-state index is -0.312. The number of amides is 1. The Morgan fingerprint density at radius 1 is 1.21 bits per heavy atom. The van der Waals surface area contributed by atoms with E-state index in [-0.39, 0.29) is 17.0 Å². The Bertz CT molecular complexity index is 968. The lowest BCUT2D eigenvalue weighted by atomic mass is 10.0. The number of anilines is 1. The molecule has 148 valence electrons. The van der Waals surface area contributed by atoms with Gasteiger partial charge in [0.15, 0.2) is 0 Å². The van der Waals surface area contributed by atoms with Crippen molar-refractivity contribution in [1.29, 1.82) is 5.26 Å². The van der Waals surface area contributed by atoms with Gasteiger partial charge in [0.05, 0.1) is 4.91 Å². The normalized spacial score (nSPS) is 19.6. The number of rotatable bonds is 3. The van der Waals surface area contributed by atoms with Gasteiger partial charge in [-0.2, -0.15) is 5.26 Å². The average molecular weight is 418 g/mol. The van der Waals surface area contributed by atoms with Crippen LogP contribution in [0.3, 0.4) is 0 Å². The third-order valence-corrected chi connectivity index (χ3v) is 6.83. The van der Waals surface area contributed by atoms with Crippen LogP contribution in [0.25, 0.3) is 6.08 Å². The molecule has 2 aliphatic heterocycles. The smallest absolute Gasteiger partial charge is 0.270 e. The van der Waals surface area contributed by atoms with Crippen molar-refractivity contribution < 1.29 is 4.79 Å². The van der Waals surface area contributed by atoms with Gasteiger partial charge in [0, 0.05) is 45.8 Å². The number of pyridine rings is 1. The molecule has 0 radical (unpaired) electrons. The molecule has 1 aromatic heterocycles. The summed E-state index contributed by atoms with van der Waals surface area (Å²) in [6, 6.07) is 2.03. The third-order valence-electron chi connectivity index (χ3n) is 5.35. The van der Waals surface area contributed by atoms with E-state index >= 15 is 0 Å². The molecule has 0 saturated carbocycles. The number of piperazine rings is 1. The molecule has 0 atom stereocenters. The van der Waals surface area contributed by atoms with Crippen molar-refractivity contribution in [3.63, 3.8) is 0 Å². The molecular weight excluding hydrogens is 394 g/mol. The molecule has 2 saturated heterocycles. The standard InChI is InChI=1S/C19H23N5O2S2/c1-5-23-6-8-24(9-7-23)16-13(10-15-18(26)22(4)19(27)28-15)12(2)14(11-20)17(25)21(16)3/h10H,5-9H2,1-4H3. The molecule has 2 fully saturated rings. The van der Waals surface area contributed by atoms with Crippen LogP contribution in [-0.4, -0.2) is 64.4 Å². The molecule has 28 heavy (non-hydrogen) atoms. The first-order valence-electron chi connectivity index (χ1n) is 9.12. The Balaban J connectivity index is 2.17. The van der Waals surface area contributed by atoms with Gasteiger partial charge in [-0.05, 0) is 25.1 Å². The van der Waals surface area contributed by atoms with Crippen molar-refractivity contribution in [2.24, 2.45) is 7.05 Å². The lowest BCUT2D eigenvalue weighted by Crippen LogP contribution is -2.48. The van der Waals surface area contributed by atoms with Crippen LogP contribution in [0.4, 0.5) is 5.82 Å². The number of nitriles is 1. The molecule has 0 bridgehead atoms. The largest absolute Gasteiger partial charge is 0.355 e. The maximum atomic E-state index is 12.7. The maximum Gasteiger partial charge on any atom is 0.270 e. The summed E-state index contributed by atoms with van der Waals surface area (Å²) >= 11 is 6.47. The lowest BCUT2D eigenvalue weighted by Gasteiger charge is -2.37.